The summed E-state index contributed by atoms with van der Waals surface area (Å²) in [4.78, 5) is 7.61. The Labute approximate surface area is 212 Å². The Balaban J connectivity index is 1.46. The molecule has 0 bridgehead atoms. The second kappa shape index (κ2) is 10.2. The number of nitrogens with zero attached hydrogens (tertiary/aromatic N) is 2. The van der Waals surface area contributed by atoms with Gasteiger partial charge >= 0.3 is 0 Å². The van der Waals surface area contributed by atoms with Crippen LogP contribution in [0.2, 0.25) is 0 Å². The second-order valence-electron chi connectivity index (χ2n) is 9.34. The van der Waals surface area contributed by atoms with Crippen molar-refractivity contribution < 1.29 is 17.9 Å². The lowest BCUT2D eigenvalue weighted by molar-refractivity contribution is 0.393. The highest BCUT2D eigenvalue weighted by Crippen LogP contribution is 2.34. The van der Waals surface area contributed by atoms with Crippen LogP contribution < -0.4 is 14.4 Å². The molecule has 35 heavy (non-hydrogen) atoms. The fourth-order valence-electron chi connectivity index (χ4n) is 4.83. The molecule has 8 heteroatoms. The predicted molar refractivity (Wildman–Crippen MR) is 142 cm³/mol. The minimum atomic E-state index is -3.39. The molecule has 4 rings (SSSR count). The summed E-state index contributed by atoms with van der Waals surface area (Å²) in [6.07, 6.45) is 1.90. The predicted octanol–water partition coefficient (Wildman–Crippen LogP) is 5.43. The maximum atomic E-state index is 13.6. The summed E-state index contributed by atoms with van der Waals surface area (Å²) in [5, 5.41) is 2.66. The quantitative estimate of drug-likeness (QED) is 0.419. The molecular formula is C27H34N2O4S2. The number of ether oxygens (including phenoxy) is 2. The first kappa shape index (κ1) is 25.5. The van der Waals surface area contributed by atoms with Gasteiger partial charge in [-0.15, -0.1) is 11.3 Å². The molecule has 6 nitrogen and oxygen atoms in total. The van der Waals surface area contributed by atoms with Gasteiger partial charge in [-0.3, -0.25) is 0 Å². The van der Waals surface area contributed by atoms with E-state index in [1.807, 2.05) is 45.9 Å². The highest BCUT2D eigenvalue weighted by atomic mass is 32.2. The third-order valence-corrected chi connectivity index (χ3v) is 10.5. The van der Waals surface area contributed by atoms with Crippen molar-refractivity contribution in [1.29, 1.82) is 0 Å². The monoisotopic (exact) mass is 514 g/mol. The molecule has 0 spiro atoms. The highest BCUT2D eigenvalue weighted by Gasteiger charge is 2.34. The summed E-state index contributed by atoms with van der Waals surface area (Å²) in [5.74, 6) is 1.51. The molecule has 0 atom stereocenters. The van der Waals surface area contributed by atoms with Gasteiger partial charge < -0.3 is 14.4 Å². The number of thiazole rings is 1. The Morgan fingerprint density at radius 2 is 1.51 bits per heavy atom. The van der Waals surface area contributed by atoms with Crippen molar-refractivity contribution >= 4 is 26.3 Å². The Morgan fingerprint density at radius 3 is 2.06 bits per heavy atom. The lowest BCUT2D eigenvalue weighted by Gasteiger charge is -2.32. The minimum absolute atomic E-state index is 0.360. The van der Waals surface area contributed by atoms with E-state index >= 15 is 0 Å². The van der Waals surface area contributed by atoms with E-state index < -0.39 is 9.84 Å². The molecule has 1 fully saturated rings. The van der Waals surface area contributed by atoms with Crippen molar-refractivity contribution in [3.8, 4) is 11.5 Å². The Kier molecular flexibility index (Phi) is 7.43. The van der Waals surface area contributed by atoms with Crippen LogP contribution in [-0.4, -0.2) is 46.0 Å². The third-order valence-electron chi connectivity index (χ3n) is 7.07. The van der Waals surface area contributed by atoms with Crippen LogP contribution in [0, 0.1) is 27.7 Å². The van der Waals surface area contributed by atoms with Crippen LogP contribution in [0.25, 0.3) is 0 Å². The zero-order valence-electron chi connectivity index (χ0n) is 21.3. The van der Waals surface area contributed by atoms with Crippen LogP contribution in [0.15, 0.2) is 34.5 Å². The zero-order chi connectivity index (χ0) is 25.3. The summed E-state index contributed by atoms with van der Waals surface area (Å²) in [6, 6.07) is 7.92. The van der Waals surface area contributed by atoms with Crippen LogP contribution in [0.1, 0.15) is 46.4 Å². The fraction of sp³-hybridized carbons (Fsp3) is 0.444. The molecule has 1 aliphatic rings. The van der Waals surface area contributed by atoms with Crippen LogP contribution in [0.3, 0.4) is 0 Å². The summed E-state index contributed by atoms with van der Waals surface area (Å²) in [7, 11) is -0.100. The molecule has 0 unspecified atom stereocenters. The van der Waals surface area contributed by atoms with Gasteiger partial charge in [0.1, 0.15) is 11.5 Å². The smallest absolute Gasteiger partial charge is 0.185 e. The molecule has 0 aliphatic carbocycles. The van der Waals surface area contributed by atoms with Crippen LogP contribution in [-0.2, 0) is 16.3 Å². The van der Waals surface area contributed by atoms with Crippen molar-refractivity contribution in [1.82, 2.24) is 4.98 Å². The molecule has 0 N–H and O–H groups in total. The average Bonchev–Trinajstić information content (AvgIpc) is 3.31. The largest absolute Gasteiger partial charge is 0.497 e. The summed E-state index contributed by atoms with van der Waals surface area (Å²) in [6.45, 7) is 9.22. The van der Waals surface area contributed by atoms with Gasteiger partial charge in [0.25, 0.3) is 0 Å². The van der Waals surface area contributed by atoms with Gasteiger partial charge in [-0.05, 0) is 80.5 Å². The first-order chi connectivity index (χ1) is 16.6. The number of rotatable bonds is 7. The van der Waals surface area contributed by atoms with Crippen LogP contribution in [0.4, 0.5) is 5.13 Å². The lowest BCUT2D eigenvalue weighted by atomic mass is 10.0. The fourth-order valence-corrected chi connectivity index (χ4v) is 8.05. The molecule has 2 aromatic carbocycles. The van der Waals surface area contributed by atoms with E-state index in [0.29, 0.717) is 37.2 Å². The first-order valence-electron chi connectivity index (χ1n) is 11.9. The molecule has 188 valence electrons. The number of methoxy groups -OCH3 is 2. The van der Waals surface area contributed by atoms with Gasteiger partial charge in [-0.25, -0.2) is 13.4 Å². The van der Waals surface area contributed by atoms with Crippen LogP contribution >= 0.6 is 11.3 Å². The van der Waals surface area contributed by atoms with Gasteiger partial charge in [0.2, 0.25) is 0 Å². The molecule has 0 amide bonds. The standard InChI is InChI=1S/C27H34N2O4S2/c1-17-11-18(2)20(4)26(19(17)3)35(30,31)25-7-9-29(10-8-25)27-28-22(16-34-27)12-21-13-23(32-5)15-24(14-21)33-6/h11,13-16,25H,7-10,12H2,1-6H3. The van der Waals surface area contributed by atoms with E-state index in [0.717, 1.165) is 50.1 Å². The van der Waals surface area contributed by atoms with E-state index in [9.17, 15) is 8.42 Å². The minimum Gasteiger partial charge on any atom is -0.497 e. The molecule has 0 radical (unpaired) electrons. The maximum Gasteiger partial charge on any atom is 0.185 e. The highest BCUT2D eigenvalue weighted by molar-refractivity contribution is 7.92. The zero-order valence-corrected chi connectivity index (χ0v) is 23.0. The van der Waals surface area contributed by atoms with E-state index in [2.05, 4.69) is 16.3 Å². The Bertz CT molecular complexity index is 1270. The number of piperidine rings is 1. The van der Waals surface area contributed by atoms with E-state index in [4.69, 9.17) is 14.5 Å². The lowest BCUT2D eigenvalue weighted by Crippen LogP contribution is -2.39. The maximum absolute atomic E-state index is 13.6. The molecular weight excluding hydrogens is 480 g/mol. The number of hydrogen-bond donors (Lipinski definition) is 0. The van der Waals surface area contributed by atoms with Gasteiger partial charge in [-0.1, -0.05) is 6.07 Å². The van der Waals surface area contributed by atoms with Crippen molar-refractivity contribution in [3.05, 3.63) is 63.2 Å². The van der Waals surface area contributed by atoms with Gasteiger partial charge in [0, 0.05) is 31.0 Å². The van der Waals surface area contributed by atoms with Gasteiger partial charge in [-0.2, -0.15) is 0 Å². The Morgan fingerprint density at radius 1 is 0.943 bits per heavy atom. The number of aryl methyl sites for hydroxylation is 2. The van der Waals surface area contributed by atoms with E-state index in [-0.39, 0.29) is 5.25 Å². The molecule has 1 aromatic heterocycles. The number of sulfone groups is 1. The summed E-state index contributed by atoms with van der Waals surface area (Å²) in [5.41, 5.74) is 5.89. The second-order valence-corrected chi connectivity index (χ2v) is 12.3. The van der Waals surface area contributed by atoms with Crippen LogP contribution in [0.5, 0.6) is 11.5 Å². The Hall–Kier alpha value is -2.58. The first-order valence-corrected chi connectivity index (χ1v) is 14.3. The third kappa shape index (κ3) is 5.19. The number of aromatic nitrogens is 1. The average molecular weight is 515 g/mol. The molecule has 3 aromatic rings. The van der Waals surface area contributed by atoms with Crippen molar-refractivity contribution in [2.45, 2.75) is 57.1 Å². The number of benzene rings is 2. The van der Waals surface area contributed by atoms with E-state index in [1.54, 1.807) is 25.6 Å². The molecule has 1 saturated heterocycles. The van der Waals surface area contributed by atoms with Gasteiger partial charge in [0.15, 0.2) is 15.0 Å². The SMILES string of the molecule is COc1cc(Cc2csc(N3CCC(S(=O)(=O)c4c(C)c(C)cc(C)c4C)CC3)n2)cc(OC)c1. The van der Waals surface area contributed by atoms with Crippen molar-refractivity contribution in [3.63, 3.8) is 0 Å². The summed E-state index contributed by atoms with van der Waals surface area (Å²) >= 11 is 1.61. The van der Waals surface area contributed by atoms with Gasteiger partial charge in [0.05, 0.1) is 30.1 Å². The summed E-state index contributed by atoms with van der Waals surface area (Å²) < 4.78 is 38.0. The molecule has 2 heterocycles. The number of anilines is 1. The number of hydrogen-bond acceptors (Lipinski definition) is 7. The van der Waals surface area contributed by atoms with E-state index in [1.165, 1.54) is 0 Å². The topological polar surface area (TPSA) is 68.7 Å². The van der Waals surface area contributed by atoms with Crippen molar-refractivity contribution in [2.75, 3.05) is 32.2 Å². The van der Waals surface area contributed by atoms with Crippen molar-refractivity contribution in [2.24, 2.45) is 0 Å². The molecule has 0 saturated carbocycles. The molecule has 1 aliphatic heterocycles. The normalized spacial score (nSPS) is 14.9.